The number of carbonyl (C=O) groups excluding carboxylic acids is 1. The number of rotatable bonds is 3. The molecule has 3 rings (SSSR count). The molecule has 2 atom stereocenters. The minimum atomic E-state index is -0.125. The van der Waals surface area contributed by atoms with Crippen LogP contribution in [-0.2, 0) is 11.8 Å². The van der Waals surface area contributed by atoms with Crippen LogP contribution < -0.4 is 0 Å². The summed E-state index contributed by atoms with van der Waals surface area (Å²) in [4.78, 5) is 18.7. The zero-order valence-electron chi connectivity index (χ0n) is 13.1. The van der Waals surface area contributed by atoms with Crippen LogP contribution in [0, 0.1) is 6.92 Å². The molecule has 1 fully saturated rings. The summed E-state index contributed by atoms with van der Waals surface area (Å²) in [6.45, 7) is 2.50. The van der Waals surface area contributed by atoms with Crippen LogP contribution in [0.25, 0.3) is 0 Å². The Balaban J connectivity index is 1.83. The molecule has 1 aliphatic rings. The summed E-state index contributed by atoms with van der Waals surface area (Å²) >= 11 is 0. The lowest BCUT2D eigenvalue weighted by Crippen LogP contribution is -2.39. The fraction of sp³-hybridized carbons (Fsp3) is 0.438. The first-order valence-corrected chi connectivity index (χ1v) is 7.37. The average Bonchev–Trinajstić information content (AvgIpc) is 3.13. The SMILES string of the molecule is Cc1nn(C)cc1C(=O)N(C)[C@H]1CCO[C@@H]1c1cccnc1. The zero-order chi connectivity index (χ0) is 15.7. The molecule has 0 bridgehead atoms. The Hall–Kier alpha value is -2.21. The maximum absolute atomic E-state index is 12.7. The summed E-state index contributed by atoms with van der Waals surface area (Å²) in [5.74, 6) is -0.0185. The van der Waals surface area contributed by atoms with Crippen LogP contribution in [0.1, 0.15) is 34.1 Å². The summed E-state index contributed by atoms with van der Waals surface area (Å²) in [6, 6.07) is 3.89. The second kappa shape index (κ2) is 5.88. The molecule has 3 heterocycles. The Bertz CT molecular complexity index is 668. The van der Waals surface area contributed by atoms with E-state index in [4.69, 9.17) is 4.74 Å². The van der Waals surface area contributed by atoms with E-state index in [2.05, 4.69) is 10.1 Å². The maximum Gasteiger partial charge on any atom is 0.257 e. The highest BCUT2D eigenvalue weighted by Gasteiger charge is 2.35. The molecule has 2 aromatic heterocycles. The second-order valence-electron chi connectivity index (χ2n) is 5.65. The van der Waals surface area contributed by atoms with Gasteiger partial charge in [0.2, 0.25) is 0 Å². The molecule has 1 aliphatic heterocycles. The fourth-order valence-electron chi connectivity index (χ4n) is 2.99. The van der Waals surface area contributed by atoms with Crippen LogP contribution in [-0.4, -0.2) is 45.3 Å². The van der Waals surface area contributed by atoms with Crippen molar-refractivity contribution in [2.24, 2.45) is 7.05 Å². The summed E-state index contributed by atoms with van der Waals surface area (Å²) in [7, 11) is 3.65. The van der Waals surface area contributed by atoms with Gasteiger partial charge in [-0.25, -0.2) is 0 Å². The van der Waals surface area contributed by atoms with Crippen molar-refractivity contribution in [1.29, 1.82) is 0 Å². The van der Waals surface area contributed by atoms with Gasteiger partial charge < -0.3 is 9.64 Å². The molecule has 2 aromatic rings. The van der Waals surface area contributed by atoms with Crippen molar-refractivity contribution in [1.82, 2.24) is 19.7 Å². The van der Waals surface area contributed by atoms with Gasteiger partial charge in [-0.3, -0.25) is 14.5 Å². The molecule has 6 heteroatoms. The van der Waals surface area contributed by atoms with E-state index in [0.29, 0.717) is 12.2 Å². The highest BCUT2D eigenvalue weighted by molar-refractivity contribution is 5.95. The van der Waals surface area contributed by atoms with Gasteiger partial charge in [0, 0.05) is 44.9 Å². The number of hydrogen-bond donors (Lipinski definition) is 0. The second-order valence-corrected chi connectivity index (χ2v) is 5.65. The van der Waals surface area contributed by atoms with Crippen LogP contribution in [0.3, 0.4) is 0 Å². The number of pyridine rings is 1. The number of carbonyl (C=O) groups is 1. The third kappa shape index (κ3) is 2.62. The lowest BCUT2D eigenvalue weighted by atomic mass is 10.0. The molecule has 0 aliphatic carbocycles. The molecule has 0 radical (unpaired) electrons. The van der Waals surface area contributed by atoms with Gasteiger partial charge in [-0.2, -0.15) is 5.10 Å². The van der Waals surface area contributed by atoms with E-state index < -0.39 is 0 Å². The molecule has 0 N–H and O–H groups in total. The van der Waals surface area contributed by atoms with Crippen molar-refractivity contribution >= 4 is 5.91 Å². The number of likely N-dealkylation sites (N-methyl/N-ethyl adjacent to an activating group) is 1. The van der Waals surface area contributed by atoms with E-state index in [0.717, 1.165) is 17.7 Å². The minimum Gasteiger partial charge on any atom is -0.371 e. The Labute approximate surface area is 129 Å². The van der Waals surface area contributed by atoms with Gasteiger partial charge in [0.25, 0.3) is 5.91 Å². The van der Waals surface area contributed by atoms with E-state index in [1.807, 2.05) is 33.2 Å². The summed E-state index contributed by atoms with van der Waals surface area (Å²) in [5.41, 5.74) is 2.39. The van der Waals surface area contributed by atoms with Crippen molar-refractivity contribution in [3.05, 3.63) is 47.5 Å². The Kier molecular flexibility index (Phi) is 3.94. The molecule has 116 valence electrons. The zero-order valence-corrected chi connectivity index (χ0v) is 13.1. The van der Waals surface area contributed by atoms with Crippen LogP contribution in [0.5, 0.6) is 0 Å². The van der Waals surface area contributed by atoms with Crippen molar-refractivity contribution < 1.29 is 9.53 Å². The van der Waals surface area contributed by atoms with Crippen LogP contribution >= 0.6 is 0 Å². The maximum atomic E-state index is 12.7. The molecule has 0 saturated carbocycles. The van der Waals surface area contributed by atoms with E-state index in [9.17, 15) is 4.79 Å². The van der Waals surface area contributed by atoms with Gasteiger partial charge in [0.1, 0.15) is 6.10 Å². The van der Waals surface area contributed by atoms with Crippen LogP contribution in [0.4, 0.5) is 0 Å². The fourth-order valence-corrected chi connectivity index (χ4v) is 2.99. The predicted octanol–water partition coefficient (Wildman–Crippen LogP) is 1.73. The number of nitrogens with zero attached hydrogens (tertiary/aromatic N) is 4. The van der Waals surface area contributed by atoms with Crippen molar-refractivity contribution in [2.75, 3.05) is 13.7 Å². The monoisotopic (exact) mass is 300 g/mol. The van der Waals surface area contributed by atoms with Gasteiger partial charge >= 0.3 is 0 Å². The molecule has 1 amide bonds. The third-order valence-electron chi connectivity index (χ3n) is 4.14. The third-order valence-corrected chi connectivity index (χ3v) is 4.14. The van der Waals surface area contributed by atoms with Gasteiger partial charge in [-0.1, -0.05) is 6.07 Å². The number of hydrogen-bond acceptors (Lipinski definition) is 4. The molecule has 0 unspecified atom stereocenters. The quantitative estimate of drug-likeness (QED) is 0.866. The first-order valence-electron chi connectivity index (χ1n) is 7.37. The van der Waals surface area contributed by atoms with Crippen molar-refractivity contribution in [3.8, 4) is 0 Å². The largest absolute Gasteiger partial charge is 0.371 e. The van der Waals surface area contributed by atoms with Crippen LogP contribution in [0.15, 0.2) is 30.7 Å². The van der Waals surface area contributed by atoms with E-state index in [1.165, 1.54) is 0 Å². The van der Waals surface area contributed by atoms with Gasteiger partial charge in [-0.15, -0.1) is 0 Å². The molecule has 1 saturated heterocycles. The Morgan fingerprint density at radius 1 is 1.50 bits per heavy atom. The number of aryl methyl sites for hydroxylation is 2. The van der Waals surface area contributed by atoms with Crippen molar-refractivity contribution in [3.63, 3.8) is 0 Å². The van der Waals surface area contributed by atoms with Gasteiger partial charge in [0.15, 0.2) is 0 Å². The van der Waals surface area contributed by atoms with Gasteiger partial charge in [-0.05, 0) is 19.4 Å². The lowest BCUT2D eigenvalue weighted by molar-refractivity contribution is 0.0514. The first kappa shape index (κ1) is 14.7. The molecular weight excluding hydrogens is 280 g/mol. The first-order chi connectivity index (χ1) is 10.6. The Morgan fingerprint density at radius 2 is 2.32 bits per heavy atom. The molecular formula is C16H20N4O2. The molecule has 6 nitrogen and oxygen atoms in total. The minimum absolute atomic E-state index is 0.0105. The van der Waals surface area contributed by atoms with E-state index >= 15 is 0 Å². The van der Waals surface area contributed by atoms with Gasteiger partial charge in [0.05, 0.1) is 17.3 Å². The lowest BCUT2D eigenvalue weighted by Gasteiger charge is -2.28. The smallest absolute Gasteiger partial charge is 0.257 e. The molecule has 22 heavy (non-hydrogen) atoms. The van der Waals surface area contributed by atoms with E-state index in [-0.39, 0.29) is 18.1 Å². The highest BCUT2D eigenvalue weighted by atomic mass is 16.5. The summed E-state index contributed by atoms with van der Waals surface area (Å²) in [6.07, 6.45) is 6.00. The van der Waals surface area contributed by atoms with Crippen LogP contribution in [0.2, 0.25) is 0 Å². The van der Waals surface area contributed by atoms with E-state index in [1.54, 1.807) is 28.2 Å². The van der Waals surface area contributed by atoms with Crippen molar-refractivity contribution in [2.45, 2.75) is 25.5 Å². The summed E-state index contributed by atoms with van der Waals surface area (Å²) in [5, 5.41) is 4.25. The molecule has 0 spiro atoms. The normalized spacial score (nSPS) is 21.0. The molecule has 0 aromatic carbocycles. The summed E-state index contributed by atoms with van der Waals surface area (Å²) < 4.78 is 7.51. The predicted molar refractivity (Wildman–Crippen MR) is 81.4 cm³/mol. The average molecular weight is 300 g/mol. The number of aromatic nitrogens is 3. The number of amides is 1. The topological polar surface area (TPSA) is 60.2 Å². The highest BCUT2D eigenvalue weighted by Crippen LogP contribution is 2.32. The Morgan fingerprint density at radius 3 is 2.95 bits per heavy atom. The standard InChI is InChI=1S/C16H20N4O2/c1-11-13(10-19(2)18-11)16(21)20(3)14-6-8-22-15(14)12-5-4-7-17-9-12/h4-5,7,9-10,14-15H,6,8H2,1-3H3/t14-,15+/m0/s1. The number of ether oxygens (including phenoxy) is 1.